The van der Waals surface area contributed by atoms with E-state index in [-0.39, 0.29) is 5.97 Å². The van der Waals surface area contributed by atoms with Gasteiger partial charge in [-0.05, 0) is 48.8 Å². The summed E-state index contributed by atoms with van der Waals surface area (Å²) in [5.74, 6) is 0.263. The zero-order chi connectivity index (χ0) is 17.4. The SMILES string of the molecule is CN(C)C1=CC2=C/C(=C3\C(=O)ON=C3c3ccccc3)CCC2CC1. The third kappa shape index (κ3) is 2.93. The molecule has 0 aromatic heterocycles. The van der Waals surface area contributed by atoms with Crippen molar-refractivity contribution < 1.29 is 9.63 Å². The van der Waals surface area contributed by atoms with Gasteiger partial charge in [0.1, 0.15) is 5.71 Å². The van der Waals surface area contributed by atoms with Crippen LogP contribution in [0.3, 0.4) is 0 Å². The van der Waals surface area contributed by atoms with Crippen LogP contribution in [0.2, 0.25) is 0 Å². The monoisotopic (exact) mass is 334 g/mol. The second-order valence-corrected chi connectivity index (χ2v) is 7.03. The lowest BCUT2D eigenvalue weighted by molar-refractivity contribution is -0.136. The van der Waals surface area contributed by atoms with Gasteiger partial charge in [0.05, 0.1) is 5.57 Å². The zero-order valence-corrected chi connectivity index (χ0v) is 14.7. The average molecular weight is 334 g/mol. The number of fused-ring (bicyclic) bond motifs is 1. The Labute approximate surface area is 148 Å². The summed E-state index contributed by atoms with van der Waals surface area (Å²) >= 11 is 0. The van der Waals surface area contributed by atoms with Gasteiger partial charge >= 0.3 is 5.97 Å². The van der Waals surface area contributed by atoms with Crippen LogP contribution < -0.4 is 0 Å². The van der Waals surface area contributed by atoms with Crippen LogP contribution in [0.1, 0.15) is 31.2 Å². The molecule has 4 rings (SSSR count). The van der Waals surface area contributed by atoms with E-state index in [0.717, 1.165) is 30.4 Å². The molecule has 0 amide bonds. The number of nitrogens with zero attached hydrogens (tertiary/aromatic N) is 2. The number of carbonyl (C=O) groups is 1. The molecule has 1 atom stereocenters. The van der Waals surface area contributed by atoms with Crippen molar-refractivity contribution in [3.8, 4) is 0 Å². The van der Waals surface area contributed by atoms with Gasteiger partial charge in [0, 0.05) is 25.4 Å². The fourth-order valence-corrected chi connectivity index (χ4v) is 3.85. The summed E-state index contributed by atoms with van der Waals surface area (Å²) in [7, 11) is 4.17. The molecule has 1 heterocycles. The fraction of sp³-hybridized carbons (Fsp3) is 0.333. The Morgan fingerprint density at radius 1 is 1.08 bits per heavy atom. The summed E-state index contributed by atoms with van der Waals surface area (Å²) in [5.41, 5.74) is 5.93. The molecular formula is C21H22N2O2. The van der Waals surface area contributed by atoms with Gasteiger partial charge in [-0.3, -0.25) is 0 Å². The predicted molar refractivity (Wildman–Crippen MR) is 97.9 cm³/mol. The van der Waals surface area contributed by atoms with E-state index in [9.17, 15) is 4.79 Å². The first kappa shape index (κ1) is 15.9. The summed E-state index contributed by atoms with van der Waals surface area (Å²) in [6, 6.07) is 9.78. The Hall–Kier alpha value is -2.62. The molecule has 1 aliphatic heterocycles. The van der Waals surface area contributed by atoms with Gasteiger partial charge in [-0.25, -0.2) is 4.79 Å². The Bertz CT molecular complexity index is 829. The lowest BCUT2D eigenvalue weighted by atomic mass is 9.77. The highest BCUT2D eigenvalue weighted by Crippen LogP contribution is 2.39. The molecule has 0 saturated carbocycles. The maximum atomic E-state index is 12.3. The van der Waals surface area contributed by atoms with Crippen LogP contribution in [0, 0.1) is 5.92 Å². The van der Waals surface area contributed by atoms with Crippen LogP contribution in [0.5, 0.6) is 0 Å². The normalized spacial score (nSPS) is 25.6. The van der Waals surface area contributed by atoms with E-state index >= 15 is 0 Å². The Kier molecular flexibility index (Phi) is 4.04. The summed E-state index contributed by atoms with van der Waals surface area (Å²) < 4.78 is 0. The summed E-state index contributed by atoms with van der Waals surface area (Å²) in [6.45, 7) is 0. The first-order chi connectivity index (χ1) is 12.1. The lowest BCUT2D eigenvalue weighted by Crippen LogP contribution is -2.21. The first-order valence-corrected chi connectivity index (χ1v) is 8.81. The second kappa shape index (κ2) is 6.36. The van der Waals surface area contributed by atoms with E-state index in [4.69, 9.17) is 4.84 Å². The number of rotatable bonds is 2. The van der Waals surface area contributed by atoms with Crippen molar-refractivity contribution in [1.29, 1.82) is 0 Å². The maximum Gasteiger partial charge on any atom is 0.368 e. The van der Waals surface area contributed by atoms with Crippen LogP contribution >= 0.6 is 0 Å². The topological polar surface area (TPSA) is 41.9 Å². The van der Waals surface area contributed by atoms with Crippen LogP contribution in [0.4, 0.5) is 0 Å². The molecule has 4 heteroatoms. The number of allylic oxidation sites excluding steroid dienone is 5. The van der Waals surface area contributed by atoms with Gasteiger partial charge in [-0.2, -0.15) is 0 Å². The molecule has 2 aliphatic carbocycles. The van der Waals surface area contributed by atoms with Crippen molar-refractivity contribution in [2.24, 2.45) is 11.1 Å². The molecule has 0 radical (unpaired) electrons. The third-order valence-corrected chi connectivity index (χ3v) is 5.26. The number of hydrogen-bond donors (Lipinski definition) is 0. The number of benzene rings is 1. The molecule has 0 bridgehead atoms. The molecule has 0 N–H and O–H groups in total. The van der Waals surface area contributed by atoms with E-state index in [2.05, 4.69) is 36.3 Å². The van der Waals surface area contributed by atoms with Crippen molar-refractivity contribution in [3.63, 3.8) is 0 Å². The van der Waals surface area contributed by atoms with E-state index < -0.39 is 0 Å². The van der Waals surface area contributed by atoms with E-state index in [1.807, 2.05) is 30.3 Å². The Morgan fingerprint density at radius 3 is 2.60 bits per heavy atom. The third-order valence-electron chi connectivity index (χ3n) is 5.26. The summed E-state index contributed by atoms with van der Waals surface area (Å²) in [5, 5.41) is 4.05. The minimum Gasteiger partial charge on any atom is -0.381 e. The maximum absolute atomic E-state index is 12.3. The molecule has 1 aromatic carbocycles. The van der Waals surface area contributed by atoms with Crippen LogP contribution in [-0.4, -0.2) is 30.7 Å². The minimum absolute atomic E-state index is 0.336. The first-order valence-electron chi connectivity index (χ1n) is 8.81. The van der Waals surface area contributed by atoms with Crippen molar-refractivity contribution >= 4 is 11.7 Å². The van der Waals surface area contributed by atoms with Gasteiger partial charge < -0.3 is 9.74 Å². The largest absolute Gasteiger partial charge is 0.381 e. The fourth-order valence-electron chi connectivity index (χ4n) is 3.85. The quantitative estimate of drug-likeness (QED) is 0.610. The smallest absolute Gasteiger partial charge is 0.368 e. The summed E-state index contributed by atoms with van der Waals surface area (Å²) in [4.78, 5) is 19.5. The molecule has 128 valence electrons. The molecule has 3 aliphatic rings. The van der Waals surface area contributed by atoms with E-state index in [1.54, 1.807) is 0 Å². The highest BCUT2D eigenvalue weighted by Gasteiger charge is 2.32. The Morgan fingerprint density at radius 2 is 1.84 bits per heavy atom. The van der Waals surface area contributed by atoms with Gasteiger partial charge in [-0.1, -0.05) is 41.6 Å². The Balaban J connectivity index is 1.77. The average Bonchev–Trinajstić information content (AvgIpc) is 3.03. The molecule has 0 saturated heterocycles. The van der Waals surface area contributed by atoms with Gasteiger partial charge in [0.2, 0.25) is 0 Å². The highest BCUT2D eigenvalue weighted by molar-refractivity contribution is 6.29. The van der Waals surface area contributed by atoms with Crippen LogP contribution in [0.25, 0.3) is 0 Å². The van der Waals surface area contributed by atoms with Crippen molar-refractivity contribution in [2.45, 2.75) is 25.7 Å². The zero-order valence-electron chi connectivity index (χ0n) is 14.7. The number of carbonyl (C=O) groups excluding carboxylic acids is 1. The van der Waals surface area contributed by atoms with Crippen molar-refractivity contribution in [2.75, 3.05) is 14.1 Å². The molecular weight excluding hydrogens is 312 g/mol. The van der Waals surface area contributed by atoms with E-state index in [0.29, 0.717) is 17.2 Å². The standard InChI is InChI=1S/C21H22N2O2/c1-23(2)18-11-10-14-8-9-16(12-17(14)13-18)19-20(22-25-21(19)24)15-6-4-3-5-7-15/h3-7,12-14H,8-11H2,1-2H3/b19-16-. The lowest BCUT2D eigenvalue weighted by Gasteiger charge is -2.31. The van der Waals surface area contributed by atoms with Crippen molar-refractivity contribution in [1.82, 2.24) is 4.90 Å². The van der Waals surface area contributed by atoms with Crippen LogP contribution in [0.15, 0.2) is 70.1 Å². The second-order valence-electron chi connectivity index (χ2n) is 7.03. The van der Waals surface area contributed by atoms with Gasteiger partial charge in [0.25, 0.3) is 0 Å². The molecule has 1 aromatic rings. The molecule has 0 fully saturated rings. The van der Waals surface area contributed by atoms with E-state index in [1.165, 1.54) is 17.7 Å². The number of hydrogen-bond acceptors (Lipinski definition) is 4. The number of oxime groups is 1. The molecule has 4 nitrogen and oxygen atoms in total. The molecule has 1 unspecified atom stereocenters. The van der Waals surface area contributed by atoms with Crippen LogP contribution in [-0.2, 0) is 9.63 Å². The molecule has 0 spiro atoms. The van der Waals surface area contributed by atoms with Crippen molar-refractivity contribution in [3.05, 3.63) is 70.5 Å². The highest BCUT2D eigenvalue weighted by atomic mass is 16.7. The molecule has 25 heavy (non-hydrogen) atoms. The minimum atomic E-state index is -0.336. The summed E-state index contributed by atoms with van der Waals surface area (Å²) in [6.07, 6.45) is 8.76. The predicted octanol–water partition coefficient (Wildman–Crippen LogP) is 3.82. The van der Waals surface area contributed by atoms with Gasteiger partial charge in [-0.15, -0.1) is 0 Å². The van der Waals surface area contributed by atoms with Gasteiger partial charge in [0.15, 0.2) is 0 Å².